The highest BCUT2D eigenvalue weighted by Gasteiger charge is 2.28. The van der Waals surface area contributed by atoms with Gasteiger partial charge in [0.2, 0.25) is 5.95 Å². The standard InChI is InChI=1S/C16H21FN4O/c1-4-18-14-6-5-12(16(17)20-14)15-13(10(2)3)7-19-21(15)11-8-22-9-11/h5-7,10-11H,4,8-9H2,1-3H3,(H,18,20). The molecule has 1 N–H and O–H groups in total. The second-order valence-electron chi connectivity index (χ2n) is 5.80. The monoisotopic (exact) mass is 304 g/mol. The minimum absolute atomic E-state index is 0.176. The van der Waals surface area contributed by atoms with E-state index in [1.54, 1.807) is 12.1 Å². The van der Waals surface area contributed by atoms with Crippen LogP contribution in [0.1, 0.15) is 38.3 Å². The molecule has 0 atom stereocenters. The summed E-state index contributed by atoms with van der Waals surface area (Å²) in [7, 11) is 0. The van der Waals surface area contributed by atoms with Crippen LogP contribution in [0.5, 0.6) is 0 Å². The predicted octanol–water partition coefficient (Wildman–Crippen LogP) is 3.21. The topological polar surface area (TPSA) is 52.0 Å². The largest absolute Gasteiger partial charge is 0.377 e. The zero-order valence-corrected chi connectivity index (χ0v) is 13.1. The van der Waals surface area contributed by atoms with Gasteiger partial charge in [-0.05, 0) is 25.0 Å². The van der Waals surface area contributed by atoms with Gasteiger partial charge >= 0.3 is 0 Å². The molecule has 3 rings (SSSR count). The fourth-order valence-electron chi connectivity index (χ4n) is 2.61. The molecular weight excluding hydrogens is 283 g/mol. The number of nitrogens with one attached hydrogen (secondary N) is 1. The predicted molar refractivity (Wildman–Crippen MR) is 83.5 cm³/mol. The van der Waals surface area contributed by atoms with Crippen LogP contribution in [0, 0.1) is 5.95 Å². The van der Waals surface area contributed by atoms with E-state index >= 15 is 0 Å². The summed E-state index contributed by atoms with van der Waals surface area (Å²) in [5.74, 6) is 0.341. The van der Waals surface area contributed by atoms with Crippen molar-refractivity contribution in [2.75, 3.05) is 25.1 Å². The smallest absolute Gasteiger partial charge is 0.224 e. The van der Waals surface area contributed by atoms with Crippen molar-refractivity contribution in [3.05, 3.63) is 29.8 Å². The van der Waals surface area contributed by atoms with Gasteiger partial charge in [0.1, 0.15) is 5.82 Å². The number of halogens is 1. The van der Waals surface area contributed by atoms with Gasteiger partial charge < -0.3 is 10.1 Å². The van der Waals surface area contributed by atoms with Crippen LogP contribution < -0.4 is 5.32 Å². The summed E-state index contributed by atoms with van der Waals surface area (Å²) in [6.07, 6.45) is 1.83. The molecule has 0 aliphatic carbocycles. The van der Waals surface area contributed by atoms with Gasteiger partial charge in [-0.3, -0.25) is 4.68 Å². The Kier molecular flexibility index (Phi) is 4.11. The highest BCUT2D eigenvalue weighted by atomic mass is 19.1. The summed E-state index contributed by atoms with van der Waals surface area (Å²) in [5, 5.41) is 7.49. The van der Waals surface area contributed by atoms with Gasteiger partial charge in [-0.25, -0.2) is 4.98 Å². The number of nitrogens with zero attached hydrogens (tertiary/aromatic N) is 3. The lowest BCUT2D eigenvalue weighted by atomic mass is 9.99. The second-order valence-corrected chi connectivity index (χ2v) is 5.80. The molecule has 118 valence electrons. The Morgan fingerprint density at radius 2 is 2.18 bits per heavy atom. The molecule has 1 aliphatic rings. The summed E-state index contributed by atoms with van der Waals surface area (Å²) < 4.78 is 21.7. The van der Waals surface area contributed by atoms with E-state index in [4.69, 9.17) is 4.74 Å². The summed E-state index contributed by atoms with van der Waals surface area (Å²) in [5.41, 5.74) is 2.34. The number of anilines is 1. The lowest BCUT2D eigenvalue weighted by Gasteiger charge is -2.28. The van der Waals surface area contributed by atoms with Crippen LogP contribution in [0.25, 0.3) is 11.3 Å². The number of aromatic nitrogens is 3. The van der Waals surface area contributed by atoms with Crippen molar-refractivity contribution in [1.82, 2.24) is 14.8 Å². The van der Waals surface area contributed by atoms with Gasteiger partial charge in [0.15, 0.2) is 0 Å². The summed E-state index contributed by atoms with van der Waals surface area (Å²) in [4.78, 5) is 4.01. The third-order valence-corrected chi connectivity index (χ3v) is 3.87. The highest BCUT2D eigenvalue weighted by Crippen LogP contribution is 2.34. The Labute approximate surface area is 129 Å². The highest BCUT2D eigenvalue weighted by molar-refractivity contribution is 5.65. The molecule has 1 aliphatic heterocycles. The van der Waals surface area contributed by atoms with Crippen molar-refractivity contribution in [1.29, 1.82) is 0 Å². The quantitative estimate of drug-likeness (QED) is 0.862. The average Bonchev–Trinajstić information content (AvgIpc) is 2.82. The Morgan fingerprint density at radius 1 is 1.41 bits per heavy atom. The van der Waals surface area contributed by atoms with Crippen molar-refractivity contribution < 1.29 is 9.13 Å². The number of rotatable bonds is 5. The molecule has 0 aromatic carbocycles. The summed E-state index contributed by atoms with van der Waals surface area (Å²) in [6, 6.07) is 3.76. The van der Waals surface area contributed by atoms with Crippen LogP contribution in [-0.2, 0) is 4.74 Å². The molecule has 2 aromatic rings. The minimum Gasteiger partial charge on any atom is -0.377 e. The number of hydrogen-bond donors (Lipinski definition) is 1. The van der Waals surface area contributed by atoms with Crippen molar-refractivity contribution >= 4 is 5.82 Å². The minimum atomic E-state index is -0.470. The molecule has 0 bridgehead atoms. The van der Waals surface area contributed by atoms with E-state index in [-0.39, 0.29) is 12.0 Å². The first-order chi connectivity index (χ1) is 10.6. The van der Waals surface area contributed by atoms with E-state index in [9.17, 15) is 4.39 Å². The second kappa shape index (κ2) is 6.04. The van der Waals surface area contributed by atoms with Gasteiger partial charge in [0, 0.05) is 12.1 Å². The first-order valence-corrected chi connectivity index (χ1v) is 7.67. The molecular formula is C16H21FN4O. The summed E-state index contributed by atoms with van der Waals surface area (Å²) in [6.45, 7) is 8.07. The lowest BCUT2D eigenvalue weighted by molar-refractivity contribution is -0.0279. The molecule has 2 aromatic heterocycles. The molecule has 0 spiro atoms. The Balaban J connectivity index is 2.07. The van der Waals surface area contributed by atoms with Gasteiger partial charge in [-0.15, -0.1) is 0 Å². The number of ether oxygens (including phenoxy) is 1. The van der Waals surface area contributed by atoms with E-state index in [2.05, 4.69) is 29.2 Å². The normalized spacial score (nSPS) is 15.1. The fraction of sp³-hybridized carbons (Fsp3) is 0.500. The molecule has 22 heavy (non-hydrogen) atoms. The zero-order valence-electron chi connectivity index (χ0n) is 13.1. The van der Waals surface area contributed by atoms with E-state index in [1.807, 2.05) is 17.8 Å². The maximum Gasteiger partial charge on any atom is 0.224 e. The molecule has 0 saturated carbocycles. The third kappa shape index (κ3) is 2.59. The van der Waals surface area contributed by atoms with Gasteiger partial charge in [0.05, 0.1) is 36.7 Å². The van der Waals surface area contributed by atoms with Crippen LogP contribution in [0.4, 0.5) is 10.2 Å². The molecule has 6 heteroatoms. The van der Waals surface area contributed by atoms with Crippen LogP contribution in [0.15, 0.2) is 18.3 Å². The zero-order chi connectivity index (χ0) is 15.7. The van der Waals surface area contributed by atoms with E-state index in [1.165, 1.54) is 0 Å². The van der Waals surface area contributed by atoms with E-state index < -0.39 is 5.95 Å². The number of hydrogen-bond acceptors (Lipinski definition) is 4. The SMILES string of the molecule is CCNc1ccc(-c2c(C(C)C)cnn2C2COC2)c(F)n1. The van der Waals surface area contributed by atoms with Crippen molar-refractivity contribution in [2.45, 2.75) is 32.7 Å². The Morgan fingerprint density at radius 3 is 2.73 bits per heavy atom. The van der Waals surface area contributed by atoms with Crippen LogP contribution in [-0.4, -0.2) is 34.5 Å². The molecule has 5 nitrogen and oxygen atoms in total. The molecule has 1 saturated heterocycles. The average molecular weight is 304 g/mol. The van der Waals surface area contributed by atoms with Crippen molar-refractivity contribution in [3.63, 3.8) is 0 Å². The summed E-state index contributed by atoms with van der Waals surface area (Å²) >= 11 is 0. The maximum absolute atomic E-state index is 14.5. The third-order valence-electron chi connectivity index (χ3n) is 3.87. The number of pyridine rings is 1. The van der Waals surface area contributed by atoms with Crippen LogP contribution in [0.3, 0.4) is 0 Å². The van der Waals surface area contributed by atoms with Crippen molar-refractivity contribution in [2.24, 2.45) is 0 Å². The lowest BCUT2D eigenvalue weighted by Crippen LogP contribution is -2.32. The van der Waals surface area contributed by atoms with Crippen LogP contribution >= 0.6 is 0 Å². The molecule has 0 radical (unpaired) electrons. The van der Waals surface area contributed by atoms with Gasteiger partial charge in [0.25, 0.3) is 0 Å². The molecule has 0 unspecified atom stereocenters. The first kappa shape index (κ1) is 15.0. The van der Waals surface area contributed by atoms with Crippen molar-refractivity contribution in [3.8, 4) is 11.3 Å². The van der Waals surface area contributed by atoms with Crippen LogP contribution in [0.2, 0.25) is 0 Å². The van der Waals surface area contributed by atoms with E-state index in [0.29, 0.717) is 31.1 Å². The molecule has 0 amide bonds. The van der Waals surface area contributed by atoms with Gasteiger partial charge in [-0.2, -0.15) is 9.49 Å². The Hall–Kier alpha value is -1.95. The Bertz CT molecular complexity index is 664. The molecule has 1 fully saturated rings. The van der Waals surface area contributed by atoms with Gasteiger partial charge in [-0.1, -0.05) is 13.8 Å². The maximum atomic E-state index is 14.5. The molecule has 3 heterocycles. The first-order valence-electron chi connectivity index (χ1n) is 7.67. The fourth-order valence-corrected chi connectivity index (χ4v) is 2.61. The van der Waals surface area contributed by atoms with E-state index in [0.717, 1.165) is 11.3 Å².